The molecule has 7 nitrogen and oxygen atoms in total. The van der Waals surface area contributed by atoms with Gasteiger partial charge in [0.1, 0.15) is 5.75 Å². The molecule has 0 N–H and O–H groups in total. The molecule has 0 spiro atoms. The van der Waals surface area contributed by atoms with Gasteiger partial charge in [0, 0.05) is 49.9 Å². The number of carbonyl (C=O) groups is 1. The van der Waals surface area contributed by atoms with E-state index in [9.17, 15) is 14.9 Å². The fourth-order valence-electron chi connectivity index (χ4n) is 3.56. The van der Waals surface area contributed by atoms with Crippen LogP contribution in [-0.2, 0) is 0 Å². The van der Waals surface area contributed by atoms with Gasteiger partial charge in [-0.3, -0.25) is 19.8 Å². The van der Waals surface area contributed by atoms with E-state index in [1.54, 1.807) is 25.3 Å². The summed E-state index contributed by atoms with van der Waals surface area (Å²) in [6.45, 7) is 6.67. The maximum atomic E-state index is 12.8. The van der Waals surface area contributed by atoms with Gasteiger partial charge in [-0.1, -0.05) is 18.2 Å². The van der Waals surface area contributed by atoms with Crippen LogP contribution in [0.2, 0.25) is 0 Å². The topological polar surface area (TPSA) is 75.9 Å². The highest BCUT2D eigenvalue weighted by atomic mass is 16.6. The van der Waals surface area contributed by atoms with Crippen molar-refractivity contribution in [3.05, 3.63) is 69.3 Å². The third-order valence-electron chi connectivity index (χ3n) is 5.37. The average molecular weight is 383 g/mol. The van der Waals surface area contributed by atoms with Crippen LogP contribution >= 0.6 is 0 Å². The number of nitro groups is 1. The van der Waals surface area contributed by atoms with E-state index < -0.39 is 0 Å². The zero-order valence-corrected chi connectivity index (χ0v) is 16.4. The highest BCUT2D eigenvalue weighted by Crippen LogP contribution is 2.26. The van der Waals surface area contributed by atoms with Crippen molar-refractivity contribution in [3.8, 4) is 5.75 Å². The SMILES string of the molecule is COc1cc(C(=O)N2CCN([C@@H](C)c3cccc([N+](=O)[O-])c3)CC2)ccc1C. The molecule has 1 heterocycles. The lowest BCUT2D eigenvalue weighted by atomic mass is 10.0. The van der Waals surface area contributed by atoms with E-state index in [-0.39, 0.29) is 22.6 Å². The summed E-state index contributed by atoms with van der Waals surface area (Å²) in [7, 11) is 1.60. The second-order valence-electron chi connectivity index (χ2n) is 7.04. The summed E-state index contributed by atoms with van der Waals surface area (Å²) in [6, 6.07) is 12.3. The van der Waals surface area contributed by atoms with Crippen molar-refractivity contribution in [1.82, 2.24) is 9.80 Å². The number of amides is 1. The molecular formula is C21H25N3O4. The van der Waals surface area contributed by atoms with Gasteiger partial charge in [0.2, 0.25) is 0 Å². The van der Waals surface area contributed by atoms with Gasteiger partial charge in [-0.05, 0) is 37.1 Å². The van der Waals surface area contributed by atoms with Crippen LogP contribution in [-0.4, -0.2) is 53.9 Å². The predicted octanol–water partition coefficient (Wildman–Crippen LogP) is 3.43. The first-order chi connectivity index (χ1) is 13.4. The number of nitro benzene ring substituents is 1. The number of ether oxygens (including phenoxy) is 1. The van der Waals surface area contributed by atoms with E-state index in [0.29, 0.717) is 24.4 Å². The minimum Gasteiger partial charge on any atom is -0.496 e. The van der Waals surface area contributed by atoms with Crippen molar-refractivity contribution in [2.75, 3.05) is 33.3 Å². The van der Waals surface area contributed by atoms with Crippen LogP contribution in [0.4, 0.5) is 5.69 Å². The minimum absolute atomic E-state index is 0.000881. The molecule has 0 aliphatic carbocycles. The molecule has 1 amide bonds. The maximum Gasteiger partial charge on any atom is 0.269 e. The second kappa shape index (κ2) is 8.39. The van der Waals surface area contributed by atoms with Gasteiger partial charge in [0.05, 0.1) is 12.0 Å². The standard InChI is InChI=1S/C21H25N3O4/c1-15-7-8-18(14-20(15)28-3)21(25)23-11-9-22(10-12-23)16(2)17-5-4-6-19(13-17)24(26)27/h4-8,13-14,16H,9-12H2,1-3H3/t16-/m0/s1. The minimum atomic E-state index is -0.372. The van der Waals surface area contributed by atoms with Crippen LogP contribution in [0.3, 0.4) is 0 Å². The number of hydrogen-bond acceptors (Lipinski definition) is 5. The first-order valence-corrected chi connectivity index (χ1v) is 9.33. The van der Waals surface area contributed by atoms with E-state index in [1.807, 2.05) is 36.9 Å². The number of nitrogens with zero attached hydrogens (tertiary/aromatic N) is 3. The summed E-state index contributed by atoms with van der Waals surface area (Å²) in [5, 5.41) is 11.0. The third-order valence-corrected chi connectivity index (χ3v) is 5.37. The molecule has 3 rings (SSSR count). The van der Waals surface area contributed by atoms with Gasteiger partial charge in [-0.2, -0.15) is 0 Å². The largest absolute Gasteiger partial charge is 0.496 e. The van der Waals surface area contributed by atoms with E-state index >= 15 is 0 Å². The number of methoxy groups -OCH3 is 1. The van der Waals surface area contributed by atoms with Crippen LogP contribution in [0, 0.1) is 17.0 Å². The Bertz CT molecular complexity index is 876. The van der Waals surface area contributed by atoms with Gasteiger partial charge in [0.15, 0.2) is 0 Å². The molecular weight excluding hydrogens is 358 g/mol. The van der Waals surface area contributed by atoms with Crippen molar-refractivity contribution < 1.29 is 14.5 Å². The van der Waals surface area contributed by atoms with Crippen molar-refractivity contribution in [1.29, 1.82) is 0 Å². The van der Waals surface area contributed by atoms with Gasteiger partial charge in [0.25, 0.3) is 11.6 Å². The molecule has 7 heteroatoms. The molecule has 2 aromatic carbocycles. The monoisotopic (exact) mass is 383 g/mol. The lowest BCUT2D eigenvalue weighted by molar-refractivity contribution is -0.385. The smallest absolute Gasteiger partial charge is 0.269 e. The van der Waals surface area contributed by atoms with Crippen molar-refractivity contribution in [3.63, 3.8) is 0 Å². The van der Waals surface area contributed by atoms with Crippen LogP contribution in [0.25, 0.3) is 0 Å². The summed E-state index contributed by atoms with van der Waals surface area (Å²) < 4.78 is 5.32. The number of non-ortho nitro benzene ring substituents is 1. The summed E-state index contributed by atoms with van der Waals surface area (Å²) in [4.78, 5) is 27.6. The number of hydrogen-bond donors (Lipinski definition) is 0. The Balaban J connectivity index is 1.64. The first-order valence-electron chi connectivity index (χ1n) is 9.33. The molecule has 0 bridgehead atoms. The van der Waals surface area contributed by atoms with Crippen LogP contribution in [0.15, 0.2) is 42.5 Å². The number of piperazine rings is 1. The Morgan fingerprint density at radius 1 is 1.14 bits per heavy atom. The summed E-state index contributed by atoms with van der Waals surface area (Å²) in [5.41, 5.74) is 2.64. The van der Waals surface area contributed by atoms with Crippen LogP contribution < -0.4 is 4.74 Å². The molecule has 0 aromatic heterocycles. The Kier molecular flexibility index (Phi) is 5.94. The molecule has 0 saturated carbocycles. The molecule has 1 atom stereocenters. The number of carbonyl (C=O) groups excluding carboxylic acids is 1. The molecule has 1 saturated heterocycles. The number of rotatable bonds is 5. The second-order valence-corrected chi connectivity index (χ2v) is 7.04. The Hall–Kier alpha value is -2.93. The molecule has 1 fully saturated rings. The number of benzene rings is 2. The number of aryl methyl sites for hydroxylation is 1. The molecule has 148 valence electrons. The van der Waals surface area contributed by atoms with Gasteiger partial charge >= 0.3 is 0 Å². The van der Waals surface area contributed by atoms with Crippen molar-refractivity contribution >= 4 is 11.6 Å². The van der Waals surface area contributed by atoms with Crippen LogP contribution in [0.1, 0.15) is 34.5 Å². The molecule has 28 heavy (non-hydrogen) atoms. The summed E-state index contributed by atoms with van der Waals surface area (Å²) in [6.07, 6.45) is 0. The highest BCUT2D eigenvalue weighted by molar-refractivity contribution is 5.94. The Morgan fingerprint density at radius 3 is 2.50 bits per heavy atom. The quantitative estimate of drug-likeness (QED) is 0.584. The molecule has 0 radical (unpaired) electrons. The summed E-state index contributed by atoms with van der Waals surface area (Å²) >= 11 is 0. The molecule has 1 aliphatic rings. The fourth-order valence-corrected chi connectivity index (χ4v) is 3.56. The van der Waals surface area contributed by atoms with Crippen molar-refractivity contribution in [2.24, 2.45) is 0 Å². The third kappa shape index (κ3) is 4.14. The predicted molar refractivity (Wildman–Crippen MR) is 107 cm³/mol. The molecule has 0 unspecified atom stereocenters. The lowest BCUT2D eigenvalue weighted by Crippen LogP contribution is -2.49. The normalized spacial score (nSPS) is 15.9. The van der Waals surface area contributed by atoms with E-state index in [2.05, 4.69) is 4.90 Å². The Labute approximate surface area is 164 Å². The Morgan fingerprint density at radius 2 is 1.86 bits per heavy atom. The van der Waals surface area contributed by atoms with E-state index in [0.717, 1.165) is 24.2 Å². The zero-order chi connectivity index (χ0) is 20.3. The molecule has 1 aliphatic heterocycles. The maximum absolute atomic E-state index is 12.8. The average Bonchev–Trinajstić information content (AvgIpc) is 2.73. The van der Waals surface area contributed by atoms with Crippen molar-refractivity contribution in [2.45, 2.75) is 19.9 Å². The first kappa shape index (κ1) is 19.8. The lowest BCUT2D eigenvalue weighted by Gasteiger charge is -2.38. The highest BCUT2D eigenvalue weighted by Gasteiger charge is 2.26. The molecule has 2 aromatic rings. The van der Waals surface area contributed by atoms with Crippen LogP contribution in [0.5, 0.6) is 5.75 Å². The summed E-state index contributed by atoms with van der Waals surface area (Å²) in [5.74, 6) is 0.713. The zero-order valence-electron chi connectivity index (χ0n) is 16.4. The van der Waals surface area contributed by atoms with E-state index in [1.165, 1.54) is 6.07 Å². The van der Waals surface area contributed by atoms with Gasteiger partial charge in [-0.15, -0.1) is 0 Å². The van der Waals surface area contributed by atoms with Gasteiger partial charge in [-0.25, -0.2) is 0 Å². The fraction of sp³-hybridized carbons (Fsp3) is 0.381. The van der Waals surface area contributed by atoms with Gasteiger partial charge < -0.3 is 9.64 Å². The van der Waals surface area contributed by atoms with E-state index in [4.69, 9.17) is 4.74 Å².